The number of carbonyl (C=O) groups excluding carboxylic acids is 1. The molecule has 1 saturated heterocycles. The highest BCUT2D eigenvalue weighted by Gasteiger charge is 2.35. The van der Waals surface area contributed by atoms with Gasteiger partial charge in [0.2, 0.25) is 0 Å². The molecule has 0 aromatic heterocycles. The van der Waals surface area contributed by atoms with Gasteiger partial charge in [-0.2, -0.15) is 0 Å². The van der Waals surface area contributed by atoms with Crippen LogP contribution in [0.3, 0.4) is 0 Å². The topological polar surface area (TPSA) is 99.1 Å². The molecule has 0 aromatic rings. The number of carbonyl (C=O) groups is 1. The molecule has 0 radical (unpaired) electrons. The number of aliphatic carboxylic acids is 1. The first-order chi connectivity index (χ1) is 12.9. The molecule has 5 atom stereocenters. The highest BCUT2D eigenvalue weighted by Crippen LogP contribution is 2.23. The average molecular weight is 386 g/mol. The van der Waals surface area contributed by atoms with Crippen molar-refractivity contribution in [1.82, 2.24) is 0 Å². The van der Waals surface area contributed by atoms with Crippen molar-refractivity contribution in [1.29, 1.82) is 0 Å². The lowest BCUT2D eigenvalue weighted by Gasteiger charge is -2.36. The number of aliphatic hydroxyl groups is 2. The van der Waals surface area contributed by atoms with Crippen molar-refractivity contribution in [3.8, 4) is 0 Å². The van der Waals surface area contributed by atoms with E-state index in [1.807, 2.05) is 6.92 Å². The third-order valence-electron chi connectivity index (χ3n) is 5.04. The molecule has 0 bridgehead atoms. The van der Waals surface area contributed by atoms with Crippen LogP contribution in [-0.2, 0) is 14.3 Å². The zero-order valence-corrected chi connectivity index (χ0v) is 16.8. The number of aliphatic hydroxyl groups excluding tert-OH is 2. The van der Waals surface area contributed by atoms with Gasteiger partial charge in [0.05, 0.1) is 24.3 Å². The summed E-state index contributed by atoms with van der Waals surface area (Å²) in [6.07, 6.45) is 11.8. The quantitative estimate of drug-likeness (QED) is 0.352. The molecule has 0 amide bonds. The number of hydrogen-bond donors (Lipinski definition) is 2. The highest BCUT2D eigenvalue weighted by molar-refractivity contribution is 5.77. The van der Waals surface area contributed by atoms with Crippen LogP contribution in [0, 0.1) is 0 Å². The maximum atomic E-state index is 10.2. The van der Waals surface area contributed by atoms with Crippen molar-refractivity contribution < 1.29 is 29.6 Å². The van der Waals surface area contributed by atoms with Gasteiger partial charge in [0.25, 0.3) is 0 Å². The lowest BCUT2D eigenvalue weighted by molar-refractivity contribution is -0.297. The van der Waals surface area contributed by atoms with E-state index in [1.165, 1.54) is 32.1 Å². The van der Waals surface area contributed by atoms with Crippen LogP contribution in [0.4, 0.5) is 0 Å². The second-order valence-corrected chi connectivity index (χ2v) is 7.65. The Morgan fingerprint density at radius 3 is 2.33 bits per heavy atom. The van der Waals surface area contributed by atoms with Crippen molar-refractivity contribution in [3.63, 3.8) is 0 Å². The molecule has 27 heavy (non-hydrogen) atoms. The van der Waals surface area contributed by atoms with Crippen LogP contribution in [0.2, 0.25) is 0 Å². The van der Waals surface area contributed by atoms with E-state index < -0.39 is 24.5 Å². The van der Waals surface area contributed by atoms with Crippen molar-refractivity contribution >= 4 is 5.97 Å². The molecule has 1 aliphatic rings. The van der Waals surface area contributed by atoms with Crippen LogP contribution in [-0.4, -0.2) is 46.9 Å². The van der Waals surface area contributed by atoms with Gasteiger partial charge in [0, 0.05) is 6.42 Å². The standard InChI is InChI=1S/C21H38O6/c1-16(26-21-19(23)15-18(22)17(2)27-21)13-11-9-7-5-3-4-6-8-10-12-14-20(24)25/h12,14,16-19,21-23H,3-11,13,15H2,1-2H3,(H,24,25)/p-1/b14-12+/t16-,17+,18-,19-,21-/m1/s1. The Labute approximate surface area is 163 Å². The number of carboxylic acid groups (broad SMARTS) is 1. The van der Waals surface area contributed by atoms with Crippen LogP contribution in [0.15, 0.2) is 12.2 Å². The molecule has 6 heteroatoms. The summed E-state index contributed by atoms with van der Waals surface area (Å²) in [5.74, 6) is -1.12. The summed E-state index contributed by atoms with van der Waals surface area (Å²) in [6, 6.07) is 0. The van der Waals surface area contributed by atoms with Gasteiger partial charge < -0.3 is 29.6 Å². The van der Waals surface area contributed by atoms with Crippen LogP contribution in [0.1, 0.15) is 84.5 Å². The predicted molar refractivity (Wildman–Crippen MR) is 102 cm³/mol. The second kappa shape index (κ2) is 14.1. The third kappa shape index (κ3) is 11.5. The predicted octanol–water partition coefficient (Wildman–Crippen LogP) is 2.46. The number of hydrogen-bond acceptors (Lipinski definition) is 6. The highest BCUT2D eigenvalue weighted by atomic mass is 16.7. The van der Waals surface area contributed by atoms with Crippen molar-refractivity contribution in [3.05, 3.63) is 12.2 Å². The molecular formula is C21H37O6-. The smallest absolute Gasteiger partial charge is 0.184 e. The molecule has 1 heterocycles. The molecule has 158 valence electrons. The molecule has 0 spiro atoms. The first-order valence-corrected chi connectivity index (χ1v) is 10.4. The molecule has 0 unspecified atom stereocenters. The fraction of sp³-hybridized carbons (Fsp3) is 0.857. The minimum atomic E-state index is -1.12. The Bertz CT molecular complexity index is 425. The van der Waals surface area contributed by atoms with Crippen LogP contribution in [0.5, 0.6) is 0 Å². The van der Waals surface area contributed by atoms with Gasteiger partial charge in [-0.25, -0.2) is 0 Å². The summed E-state index contributed by atoms with van der Waals surface area (Å²) in [7, 11) is 0. The Morgan fingerprint density at radius 2 is 1.70 bits per heavy atom. The Hall–Kier alpha value is -0.950. The summed E-state index contributed by atoms with van der Waals surface area (Å²) < 4.78 is 11.3. The molecular weight excluding hydrogens is 348 g/mol. The molecule has 1 fully saturated rings. The summed E-state index contributed by atoms with van der Waals surface area (Å²) in [5.41, 5.74) is 0. The lowest BCUT2D eigenvalue weighted by Crippen LogP contribution is -2.48. The van der Waals surface area contributed by atoms with E-state index in [9.17, 15) is 20.1 Å². The number of carboxylic acids is 1. The zero-order chi connectivity index (χ0) is 20.1. The molecule has 1 aliphatic heterocycles. The zero-order valence-electron chi connectivity index (χ0n) is 16.8. The summed E-state index contributed by atoms with van der Waals surface area (Å²) >= 11 is 0. The van der Waals surface area contributed by atoms with Crippen molar-refractivity contribution in [2.24, 2.45) is 0 Å². The fourth-order valence-electron chi connectivity index (χ4n) is 3.30. The molecule has 6 nitrogen and oxygen atoms in total. The van der Waals surface area contributed by atoms with Crippen LogP contribution in [0.25, 0.3) is 0 Å². The minimum Gasteiger partial charge on any atom is -0.545 e. The fourth-order valence-corrected chi connectivity index (χ4v) is 3.30. The maximum Gasteiger partial charge on any atom is 0.184 e. The number of ether oxygens (including phenoxy) is 2. The van der Waals surface area contributed by atoms with Gasteiger partial charge in [-0.3, -0.25) is 0 Å². The third-order valence-corrected chi connectivity index (χ3v) is 5.04. The average Bonchev–Trinajstić information content (AvgIpc) is 2.60. The Balaban J connectivity index is 1.94. The van der Waals surface area contributed by atoms with Gasteiger partial charge in [-0.15, -0.1) is 0 Å². The molecule has 1 rings (SSSR count). The first kappa shape index (κ1) is 24.1. The van der Waals surface area contributed by atoms with Crippen molar-refractivity contribution in [2.75, 3.05) is 0 Å². The lowest BCUT2D eigenvalue weighted by atomic mass is 10.0. The second-order valence-electron chi connectivity index (χ2n) is 7.65. The number of unbranched alkanes of at least 4 members (excludes halogenated alkanes) is 8. The molecule has 0 aliphatic carbocycles. The van der Waals surface area contributed by atoms with E-state index >= 15 is 0 Å². The van der Waals surface area contributed by atoms with E-state index in [2.05, 4.69) is 0 Å². The van der Waals surface area contributed by atoms with Gasteiger partial charge in [0.15, 0.2) is 6.29 Å². The first-order valence-electron chi connectivity index (χ1n) is 10.4. The summed E-state index contributed by atoms with van der Waals surface area (Å²) in [4.78, 5) is 10.2. The van der Waals surface area contributed by atoms with Gasteiger partial charge >= 0.3 is 0 Å². The van der Waals surface area contributed by atoms with Gasteiger partial charge in [-0.1, -0.05) is 51.0 Å². The number of allylic oxidation sites excluding steroid dienone is 1. The number of rotatable bonds is 14. The summed E-state index contributed by atoms with van der Waals surface area (Å²) in [6.45, 7) is 3.79. The Kier molecular flexibility index (Phi) is 12.6. The SMILES string of the molecule is C[C@H](CCCCCCCCCC/C=C/C(=O)[O-])O[C@@H]1O[C@@H](C)[C@H](O)C[C@H]1O. The van der Waals surface area contributed by atoms with E-state index in [4.69, 9.17) is 9.47 Å². The minimum absolute atomic E-state index is 0.0288. The van der Waals surface area contributed by atoms with E-state index in [-0.39, 0.29) is 12.2 Å². The van der Waals surface area contributed by atoms with Crippen LogP contribution < -0.4 is 5.11 Å². The molecule has 2 N–H and O–H groups in total. The molecule has 0 aromatic carbocycles. The van der Waals surface area contributed by atoms with Gasteiger partial charge in [0.1, 0.15) is 6.10 Å². The van der Waals surface area contributed by atoms with Gasteiger partial charge in [-0.05, 0) is 39.2 Å². The molecule has 0 saturated carbocycles. The van der Waals surface area contributed by atoms with E-state index in [1.54, 1.807) is 13.0 Å². The summed E-state index contributed by atoms with van der Waals surface area (Å²) in [5, 5.41) is 29.8. The largest absolute Gasteiger partial charge is 0.545 e. The van der Waals surface area contributed by atoms with Crippen molar-refractivity contribution in [2.45, 2.75) is 115 Å². The van der Waals surface area contributed by atoms with Crippen LogP contribution >= 0.6 is 0 Å². The monoisotopic (exact) mass is 385 g/mol. The Morgan fingerprint density at radius 1 is 1.11 bits per heavy atom. The van der Waals surface area contributed by atoms with E-state index in [0.29, 0.717) is 6.42 Å². The normalized spacial score (nSPS) is 27.1. The van der Waals surface area contributed by atoms with E-state index in [0.717, 1.165) is 38.2 Å². The maximum absolute atomic E-state index is 10.2.